The molecule has 0 amide bonds. The number of fused-ring (bicyclic) bond motifs is 1. The van der Waals surface area contributed by atoms with Gasteiger partial charge in [-0.2, -0.15) is 0 Å². The lowest BCUT2D eigenvalue weighted by Crippen LogP contribution is -2.06. The second kappa shape index (κ2) is 12.9. The van der Waals surface area contributed by atoms with E-state index in [0.29, 0.717) is 48.4 Å². The summed E-state index contributed by atoms with van der Waals surface area (Å²) in [6.07, 6.45) is 2.55. The minimum atomic E-state index is -4.31. The minimum absolute atomic E-state index is 0.0100. The van der Waals surface area contributed by atoms with Crippen molar-refractivity contribution in [2.45, 2.75) is 32.6 Å². The molecule has 168 valence electrons. The summed E-state index contributed by atoms with van der Waals surface area (Å²) in [5.41, 5.74) is 0.0483. The van der Waals surface area contributed by atoms with Crippen molar-refractivity contribution in [1.82, 2.24) is 0 Å². The first-order valence-corrected chi connectivity index (χ1v) is 12.1. The number of aryl methyl sites for hydroxylation is 1. The van der Waals surface area contributed by atoms with Crippen LogP contribution in [-0.4, -0.2) is 25.0 Å². The topological polar surface area (TPSA) is 93.4 Å². The lowest BCUT2D eigenvalue weighted by atomic mass is 10.1. The van der Waals surface area contributed by atoms with Gasteiger partial charge in [-0.15, -0.1) is 32.6 Å². The van der Waals surface area contributed by atoms with Crippen molar-refractivity contribution in [2.75, 3.05) is 25.0 Å². The molecule has 0 aliphatic rings. The number of rotatable bonds is 14. The first-order valence-electron chi connectivity index (χ1n) is 9.17. The van der Waals surface area contributed by atoms with Crippen molar-refractivity contribution in [3.63, 3.8) is 0 Å². The Kier molecular flexibility index (Phi) is 10.9. The fourth-order valence-corrected chi connectivity index (χ4v) is 3.64. The maximum absolute atomic E-state index is 12.9. The summed E-state index contributed by atoms with van der Waals surface area (Å²) in [7, 11) is -4.31. The Balaban J connectivity index is 2.13. The molecule has 0 spiro atoms. The average Bonchev–Trinajstić information content (AvgIpc) is 2.72. The van der Waals surface area contributed by atoms with Gasteiger partial charge in [0.15, 0.2) is 0 Å². The molecule has 0 radical (unpaired) electrons. The van der Waals surface area contributed by atoms with Crippen molar-refractivity contribution in [1.29, 1.82) is 0 Å². The maximum atomic E-state index is 12.9. The molecule has 0 atom stereocenters. The van der Waals surface area contributed by atoms with Gasteiger partial charge in [0.05, 0.1) is 13.2 Å². The summed E-state index contributed by atoms with van der Waals surface area (Å²) in [4.78, 5) is 21.7. The molecule has 0 saturated carbocycles. The summed E-state index contributed by atoms with van der Waals surface area (Å²) < 4.78 is 33.1. The van der Waals surface area contributed by atoms with Crippen LogP contribution in [0.1, 0.15) is 31.2 Å². The van der Waals surface area contributed by atoms with Gasteiger partial charge in [0.2, 0.25) is 0 Å². The number of benzene rings is 1. The van der Waals surface area contributed by atoms with Crippen molar-refractivity contribution in [2.24, 2.45) is 0 Å². The van der Waals surface area contributed by atoms with E-state index in [1.807, 2.05) is 0 Å². The van der Waals surface area contributed by atoms with Crippen LogP contribution in [0.2, 0.25) is 5.02 Å². The Morgan fingerprint density at radius 1 is 1.00 bits per heavy atom. The van der Waals surface area contributed by atoms with Gasteiger partial charge in [0.25, 0.3) is 0 Å². The van der Waals surface area contributed by atoms with E-state index in [1.54, 1.807) is 13.0 Å². The largest absolute Gasteiger partial charge is 0.585 e. The molecule has 0 bridgehead atoms. The van der Waals surface area contributed by atoms with Gasteiger partial charge >= 0.3 is 13.4 Å². The number of alkyl halides is 2. The predicted octanol–water partition coefficient (Wildman–Crippen LogP) is 6.18. The average molecular weight is 504 g/mol. The van der Waals surface area contributed by atoms with Crippen LogP contribution in [0.4, 0.5) is 0 Å². The van der Waals surface area contributed by atoms with E-state index in [4.69, 9.17) is 62.9 Å². The number of unbranched alkanes of at least 4 members (excludes halogenated alkanes) is 2. The van der Waals surface area contributed by atoms with Crippen molar-refractivity contribution >= 4 is 53.6 Å². The van der Waals surface area contributed by atoms with Crippen LogP contribution in [-0.2, 0) is 23.7 Å². The highest BCUT2D eigenvalue weighted by Crippen LogP contribution is 2.50. The molecule has 2 rings (SSSR count). The molecule has 8 nitrogen and oxygen atoms in total. The van der Waals surface area contributed by atoms with Gasteiger partial charge in [-0.25, -0.2) is 19.1 Å². The minimum Gasteiger partial charge on any atom is -0.421 e. The lowest BCUT2D eigenvalue weighted by molar-refractivity contribution is -0.277. The molecule has 1 aromatic carbocycles. The summed E-state index contributed by atoms with van der Waals surface area (Å²) in [6.45, 7) is 1.93. The van der Waals surface area contributed by atoms with E-state index in [1.165, 1.54) is 12.1 Å². The number of phosphoric acid groups is 1. The summed E-state index contributed by atoms with van der Waals surface area (Å²) in [5, 5.41) is 0.586. The Hall–Kier alpha value is -0.830. The van der Waals surface area contributed by atoms with E-state index < -0.39 is 13.4 Å². The van der Waals surface area contributed by atoms with Crippen LogP contribution < -0.4 is 10.1 Å². The Morgan fingerprint density at radius 3 is 2.17 bits per heavy atom. The van der Waals surface area contributed by atoms with Gasteiger partial charge in [-0.1, -0.05) is 11.6 Å². The highest BCUT2D eigenvalue weighted by Gasteiger charge is 2.33. The number of halogens is 3. The second-order valence-electron chi connectivity index (χ2n) is 6.11. The van der Waals surface area contributed by atoms with Crippen LogP contribution in [0, 0.1) is 6.92 Å². The lowest BCUT2D eigenvalue weighted by Gasteiger charge is -2.16. The molecule has 0 N–H and O–H groups in total. The zero-order valence-electron chi connectivity index (χ0n) is 16.2. The molecule has 12 heteroatoms. The van der Waals surface area contributed by atoms with E-state index in [9.17, 15) is 9.36 Å². The SMILES string of the molecule is Cc1c(Cl)c(=O)oc2cc(OP(=O)(OOCCCCCl)OOCCCCCl)ccc12. The van der Waals surface area contributed by atoms with Gasteiger partial charge in [0, 0.05) is 23.2 Å². The smallest absolute Gasteiger partial charge is 0.421 e. The quantitative estimate of drug-likeness (QED) is 0.0754. The Morgan fingerprint density at radius 2 is 1.60 bits per heavy atom. The molecule has 0 aliphatic carbocycles. The highest BCUT2D eigenvalue weighted by atomic mass is 35.5. The summed E-state index contributed by atoms with van der Waals surface area (Å²) in [6, 6.07) is 4.45. The van der Waals surface area contributed by atoms with Crippen molar-refractivity contribution in [3.8, 4) is 5.75 Å². The molecule has 0 fully saturated rings. The third-order valence-electron chi connectivity index (χ3n) is 3.80. The normalized spacial score (nSPS) is 11.9. The molecule has 0 unspecified atom stereocenters. The monoisotopic (exact) mass is 502 g/mol. The van der Waals surface area contributed by atoms with Crippen LogP contribution in [0.5, 0.6) is 5.75 Å². The molecular weight excluding hydrogens is 482 g/mol. The van der Waals surface area contributed by atoms with Gasteiger partial charge in [0.1, 0.15) is 16.4 Å². The zero-order valence-corrected chi connectivity index (χ0v) is 19.4. The van der Waals surface area contributed by atoms with E-state index in [0.717, 1.165) is 0 Å². The van der Waals surface area contributed by atoms with E-state index in [-0.39, 0.29) is 29.6 Å². The van der Waals surface area contributed by atoms with Gasteiger partial charge in [-0.3, -0.25) is 0 Å². The summed E-state index contributed by atoms with van der Waals surface area (Å²) >= 11 is 17.1. The number of hydrogen-bond acceptors (Lipinski definition) is 8. The molecule has 30 heavy (non-hydrogen) atoms. The highest BCUT2D eigenvalue weighted by molar-refractivity contribution is 7.48. The first-order chi connectivity index (χ1) is 14.4. The fraction of sp³-hybridized carbons (Fsp3) is 0.500. The Bertz CT molecular complexity index is 902. The molecule has 1 aromatic heterocycles. The summed E-state index contributed by atoms with van der Waals surface area (Å²) in [5.74, 6) is 0.969. The standard InChI is InChI=1S/C18H22Cl3O8P/c1-13-15-7-6-14(12-16(15)26-18(22)17(13)21)27-30(23,28-24-10-4-2-8-19)29-25-11-5-3-9-20/h6-7,12H,2-5,8-11H2,1H3. The molecule has 0 aliphatic heterocycles. The van der Waals surface area contributed by atoms with E-state index >= 15 is 0 Å². The van der Waals surface area contributed by atoms with Gasteiger partial charge < -0.3 is 8.94 Å². The number of hydrogen-bond donors (Lipinski definition) is 0. The first kappa shape index (κ1) is 25.4. The molecular formula is C18H22Cl3O8P. The van der Waals surface area contributed by atoms with Crippen LogP contribution >= 0.6 is 42.6 Å². The Labute approximate surface area is 188 Å². The molecule has 1 heterocycles. The van der Waals surface area contributed by atoms with Crippen LogP contribution in [0.25, 0.3) is 11.0 Å². The predicted molar refractivity (Wildman–Crippen MR) is 114 cm³/mol. The third kappa shape index (κ3) is 7.70. The van der Waals surface area contributed by atoms with Gasteiger partial charge in [-0.05, 0) is 50.3 Å². The fourth-order valence-electron chi connectivity index (χ4n) is 2.26. The van der Waals surface area contributed by atoms with Crippen molar-refractivity contribution in [3.05, 3.63) is 39.2 Å². The second-order valence-corrected chi connectivity index (χ2v) is 8.62. The van der Waals surface area contributed by atoms with Crippen LogP contribution in [0.15, 0.2) is 27.4 Å². The van der Waals surface area contributed by atoms with E-state index in [2.05, 4.69) is 0 Å². The van der Waals surface area contributed by atoms with Crippen molar-refractivity contribution < 1.29 is 32.6 Å². The zero-order chi connectivity index (χ0) is 22.0. The molecule has 2 aromatic rings. The maximum Gasteiger partial charge on any atom is 0.585 e. The van der Waals surface area contributed by atoms with Crippen LogP contribution in [0.3, 0.4) is 0 Å². The molecule has 0 saturated heterocycles. The third-order valence-corrected chi connectivity index (χ3v) is 5.78.